The van der Waals surface area contributed by atoms with Gasteiger partial charge in [0.1, 0.15) is 0 Å². The van der Waals surface area contributed by atoms with Gasteiger partial charge in [0.2, 0.25) is 0 Å². The van der Waals surface area contributed by atoms with Crippen molar-refractivity contribution < 1.29 is 0 Å². The van der Waals surface area contributed by atoms with Gasteiger partial charge < -0.3 is 0 Å². The lowest BCUT2D eigenvalue weighted by atomic mass is 10.1. The Morgan fingerprint density at radius 1 is 1.20 bits per heavy atom. The number of benzene rings is 1. The van der Waals surface area contributed by atoms with Crippen molar-refractivity contribution in [2.24, 2.45) is 0 Å². The van der Waals surface area contributed by atoms with Crippen LogP contribution in [-0.2, 0) is 6.54 Å². The van der Waals surface area contributed by atoms with Crippen LogP contribution in [-0.4, -0.2) is 24.0 Å². The molecule has 0 spiro atoms. The van der Waals surface area contributed by atoms with Crippen LogP contribution < -0.4 is 4.34 Å². The van der Waals surface area contributed by atoms with Gasteiger partial charge in [0.05, 0.1) is 0 Å². The van der Waals surface area contributed by atoms with Gasteiger partial charge in [-0.25, -0.2) is 0 Å². The van der Waals surface area contributed by atoms with Gasteiger partial charge >= 0.3 is 0 Å². The Bertz CT molecular complexity index is 281. The summed E-state index contributed by atoms with van der Waals surface area (Å²) >= 11 is 3.33. The molecule has 1 aromatic rings. The molecule has 0 bridgehead atoms. The molecule has 0 aromatic heterocycles. The van der Waals surface area contributed by atoms with Crippen molar-refractivity contribution in [1.82, 2.24) is 9.24 Å². The summed E-state index contributed by atoms with van der Waals surface area (Å²) in [5, 5.41) is 0. The lowest BCUT2D eigenvalue weighted by Crippen LogP contribution is -2.39. The van der Waals surface area contributed by atoms with E-state index in [1.165, 1.54) is 31.5 Å². The van der Waals surface area contributed by atoms with E-state index in [0.29, 0.717) is 6.04 Å². The van der Waals surface area contributed by atoms with Crippen LogP contribution in [0.3, 0.4) is 0 Å². The minimum Gasteiger partial charge on any atom is -0.299 e. The fourth-order valence-electron chi connectivity index (χ4n) is 2.04. The standard InChI is InChI=1S/C12H17BrN2/c13-14-12-6-8-15(9-7-12)10-11-4-2-1-3-5-11/h1-5,12,14H,6-10H2. The summed E-state index contributed by atoms with van der Waals surface area (Å²) in [4.78, 5) is 2.52. The Morgan fingerprint density at radius 3 is 2.47 bits per heavy atom. The third kappa shape index (κ3) is 3.30. The average molecular weight is 269 g/mol. The van der Waals surface area contributed by atoms with E-state index in [9.17, 15) is 0 Å². The van der Waals surface area contributed by atoms with Crippen LogP contribution in [0.1, 0.15) is 18.4 Å². The summed E-state index contributed by atoms with van der Waals surface area (Å²) in [7, 11) is 0. The Labute approximate surface area is 100 Å². The summed E-state index contributed by atoms with van der Waals surface area (Å²) in [6, 6.07) is 11.4. The summed E-state index contributed by atoms with van der Waals surface area (Å²) in [6.45, 7) is 3.48. The Balaban J connectivity index is 1.82. The second kappa shape index (κ2) is 5.64. The fraction of sp³-hybridized carbons (Fsp3) is 0.500. The van der Waals surface area contributed by atoms with E-state index in [1.54, 1.807) is 0 Å². The van der Waals surface area contributed by atoms with Crippen LogP contribution in [0.2, 0.25) is 0 Å². The highest BCUT2D eigenvalue weighted by Crippen LogP contribution is 2.14. The van der Waals surface area contributed by atoms with Gasteiger partial charge in [0.25, 0.3) is 0 Å². The molecule has 1 fully saturated rings. The van der Waals surface area contributed by atoms with Crippen LogP contribution in [0.4, 0.5) is 0 Å². The Kier molecular flexibility index (Phi) is 4.18. The predicted molar refractivity (Wildman–Crippen MR) is 66.8 cm³/mol. The summed E-state index contributed by atoms with van der Waals surface area (Å²) < 4.78 is 3.17. The fourth-order valence-corrected chi connectivity index (χ4v) is 2.50. The van der Waals surface area contributed by atoms with E-state index in [0.717, 1.165) is 6.54 Å². The number of nitrogens with zero attached hydrogens (tertiary/aromatic N) is 1. The summed E-state index contributed by atoms with van der Waals surface area (Å²) in [5.41, 5.74) is 1.42. The van der Waals surface area contributed by atoms with Gasteiger partial charge in [-0.3, -0.25) is 9.24 Å². The van der Waals surface area contributed by atoms with E-state index in [2.05, 4.69) is 55.7 Å². The van der Waals surface area contributed by atoms with Gasteiger partial charge in [-0.2, -0.15) is 0 Å². The van der Waals surface area contributed by atoms with E-state index < -0.39 is 0 Å². The Hall–Kier alpha value is -0.380. The van der Waals surface area contributed by atoms with Crippen LogP contribution in [0.15, 0.2) is 30.3 Å². The van der Waals surface area contributed by atoms with Crippen molar-refractivity contribution in [1.29, 1.82) is 0 Å². The molecule has 15 heavy (non-hydrogen) atoms. The molecule has 0 amide bonds. The first-order chi connectivity index (χ1) is 7.38. The largest absolute Gasteiger partial charge is 0.299 e. The van der Waals surface area contributed by atoms with Crippen molar-refractivity contribution in [3.8, 4) is 0 Å². The van der Waals surface area contributed by atoms with Gasteiger partial charge in [0, 0.05) is 28.7 Å². The highest BCUT2D eigenvalue weighted by molar-refractivity contribution is 9.08. The zero-order valence-corrected chi connectivity index (χ0v) is 10.4. The first kappa shape index (κ1) is 11.1. The van der Waals surface area contributed by atoms with Gasteiger partial charge in [-0.1, -0.05) is 30.3 Å². The summed E-state index contributed by atoms with van der Waals surface area (Å²) in [6.07, 6.45) is 2.47. The lowest BCUT2D eigenvalue weighted by Gasteiger charge is -2.31. The van der Waals surface area contributed by atoms with Gasteiger partial charge in [-0.05, 0) is 31.5 Å². The van der Waals surface area contributed by atoms with E-state index in [1.807, 2.05) is 0 Å². The normalized spacial score (nSPS) is 19.3. The first-order valence-electron chi connectivity index (χ1n) is 5.51. The first-order valence-corrected chi connectivity index (χ1v) is 6.30. The quantitative estimate of drug-likeness (QED) is 0.848. The smallest absolute Gasteiger partial charge is 0.0233 e. The molecule has 1 aromatic carbocycles. The molecule has 0 aliphatic carbocycles. The molecule has 82 valence electrons. The molecule has 1 aliphatic rings. The number of hydrogen-bond donors (Lipinski definition) is 1. The van der Waals surface area contributed by atoms with Crippen molar-refractivity contribution >= 4 is 16.1 Å². The van der Waals surface area contributed by atoms with Crippen molar-refractivity contribution in [3.05, 3.63) is 35.9 Å². The average Bonchev–Trinajstić information content (AvgIpc) is 2.31. The molecular formula is C12H17BrN2. The number of rotatable bonds is 3. The molecule has 1 saturated heterocycles. The number of nitrogens with one attached hydrogen (secondary N) is 1. The SMILES string of the molecule is BrNC1CCN(Cc2ccccc2)CC1. The van der Waals surface area contributed by atoms with Crippen LogP contribution in [0.5, 0.6) is 0 Å². The van der Waals surface area contributed by atoms with Crippen LogP contribution in [0, 0.1) is 0 Å². The highest BCUT2D eigenvalue weighted by Gasteiger charge is 2.17. The molecule has 0 saturated carbocycles. The van der Waals surface area contributed by atoms with Crippen molar-refractivity contribution in [2.45, 2.75) is 25.4 Å². The van der Waals surface area contributed by atoms with Gasteiger partial charge in [0.15, 0.2) is 0 Å². The number of hydrogen-bond acceptors (Lipinski definition) is 2. The molecule has 2 rings (SSSR count). The predicted octanol–water partition coefficient (Wildman–Crippen LogP) is 2.55. The van der Waals surface area contributed by atoms with Crippen LogP contribution >= 0.6 is 16.1 Å². The van der Waals surface area contributed by atoms with E-state index in [-0.39, 0.29) is 0 Å². The number of halogens is 1. The molecule has 1 heterocycles. The molecule has 0 radical (unpaired) electrons. The van der Waals surface area contributed by atoms with Crippen LogP contribution in [0.25, 0.3) is 0 Å². The second-order valence-electron chi connectivity index (χ2n) is 4.15. The highest BCUT2D eigenvalue weighted by atomic mass is 79.9. The molecule has 2 nitrogen and oxygen atoms in total. The molecular weight excluding hydrogens is 252 g/mol. The maximum Gasteiger partial charge on any atom is 0.0233 e. The number of piperidine rings is 1. The molecule has 3 heteroatoms. The zero-order valence-electron chi connectivity index (χ0n) is 8.82. The maximum atomic E-state index is 3.33. The third-order valence-corrected chi connectivity index (χ3v) is 3.64. The van der Waals surface area contributed by atoms with Crippen molar-refractivity contribution in [3.63, 3.8) is 0 Å². The van der Waals surface area contributed by atoms with Crippen molar-refractivity contribution in [2.75, 3.05) is 13.1 Å². The van der Waals surface area contributed by atoms with E-state index in [4.69, 9.17) is 0 Å². The molecule has 0 unspecified atom stereocenters. The molecule has 0 atom stereocenters. The third-order valence-electron chi connectivity index (χ3n) is 2.99. The van der Waals surface area contributed by atoms with E-state index >= 15 is 0 Å². The monoisotopic (exact) mass is 268 g/mol. The topological polar surface area (TPSA) is 15.3 Å². The zero-order chi connectivity index (χ0) is 10.5. The molecule has 1 N–H and O–H groups in total. The lowest BCUT2D eigenvalue weighted by molar-refractivity contribution is 0.202. The van der Waals surface area contributed by atoms with Gasteiger partial charge in [-0.15, -0.1) is 0 Å². The number of likely N-dealkylation sites (tertiary alicyclic amines) is 1. The summed E-state index contributed by atoms with van der Waals surface area (Å²) in [5.74, 6) is 0. The Morgan fingerprint density at radius 2 is 1.87 bits per heavy atom. The molecule has 1 aliphatic heterocycles. The minimum absolute atomic E-state index is 0.650. The maximum absolute atomic E-state index is 3.33. The second-order valence-corrected chi connectivity index (χ2v) is 4.60. The minimum atomic E-state index is 0.650.